The van der Waals surface area contributed by atoms with E-state index in [0.717, 1.165) is 17.1 Å². The number of hydrogen-bond acceptors (Lipinski definition) is 3. The molecule has 0 radical (unpaired) electrons. The Kier molecular flexibility index (Phi) is 3.01. The Morgan fingerprint density at radius 3 is 2.32 bits per heavy atom. The van der Waals surface area contributed by atoms with Crippen molar-refractivity contribution in [2.24, 2.45) is 5.73 Å². The van der Waals surface area contributed by atoms with Gasteiger partial charge in [-0.25, -0.2) is 0 Å². The van der Waals surface area contributed by atoms with Crippen LogP contribution in [0.25, 0.3) is 0 Å². The van der Waals surface area contributed by atoms with Gasteiger partial charge in [-0.15, -0.1) is 0 Å². The molecule has 0 aliphatic heterocycles. The van der Waals surface area contributed by atoms with Crippen molar-refractivity contribution in [1.29, 1.82) is 0 Å². The van der Waals surface area contributed by atoms with E-state index in [1.807, 2.05) is 54.6 Å². The number of aliphatic hydroxyl groups excluding tert-OH is 1. The van der Waals surface area contributed by atoms with E-state index in [1.54, 1.807) is 0 Å². The molecule has 2 aromatic carbocycles. The number of benzene rings is 2. The first kappa shape index (κ1) is 12.2. The van der Waals surface area contributed by atoms with Gasteiger partial charge in [0.25, 0.3) is 0 Å². The topological polar surface area (TPSA) is 55.5 Å². The van der Waals surface area contributed by atoms with Gasteiger partial charge in [0.2, 0.25) is 0 Å². The Morgan fingerprint density at radius 1 is 1.00 bits per heavy atom. The molecular weight excluding hydrogens is 238 g/mol. The summed E-state index contributed by atoms with van der Waals surface area (Å²) in [5.41, 5.74) is 6.82. The largest absolute Gasteiger partial charge is 0.457 e. The van der Waals surface area contributed by atoms with E-state index < -0.39 is 5.54 Å². The smallest absolute Gasteiger partial charge is 0.132 e. The molecular formula is C16H17NO2. The number of ether oxygens (including phenoxy) is 1. The number of para-hydroxylation sites is 2. The molecule has 0 aromatic heterocycles. The van der Waals surface area contributed by atoms with E-state index in [2.05, 4.69) is 0 Å². The number of hydrogen-bond donors (Lipinski definition) is 2. The first-order valence-electron chi connectivity index (χ1n) is 6.47. The van der Waals surface area contributed by atoms with Crippen LogP contribution in [0.3, 0.4) is 0 Å². The van der Waals surface area contributed by atoms with Crippen molar-refractivity contribution in [3.05, 3.63) is 60.2 Å². The minimum atomic E-state index is -0.467. The van der Waals surface area contributed by atoms with Crippen molar-refractivity contribution in [3.8, 4) is 11.5 Å². The van der Waals surface area contributed by atoms with Crippen molar-refractivity contribution in [3.63, 3.8) is 0 Å². The fourth-order valence-corrected chi connectivity index (χ4v) is 2.58. The van der Waals surface area contributed by atoms with Crippen LogP contribution in [0.15, 0.2) is 54.6 Å². The summed E-state index contributed by atoms with van der Waals surface area (Å²) in [5, 5.41) is 9.50. The van der Waals surface area contributed by atoms with Gasteiger partial charge in [-0.1, -0.05) is 36.4 Å². The highest BCUT2D eigenvalue weighted by atomic mass is 16.5. The SMILES string of the molecule is NC1(c2ccccc2Oc2ccccc2)CC(O)C1. The molecule has 0 heterocycles. The average Bonchev–Trinajstić information content (AvgIpc) is 2.39. The van der Waals surface area contributed by atoms with Crippen LogP contribution in [0, 0.1) is 0 Å². The fraction of sp³-hybridized carbons (Fsp3) is 0.250. The quantitative estimate of drug-likeness (QED) is 0.886. The van der Waals surface area contributed by atoms with Crippen molar-refractivity contribution < 1.29 is 9.84 Å². The lowest BCUT2D eigenvalue weighted by atomic mass is 9.70. The monoisotopic (exact) mass is 255 g/mol. The Morgan fingerprint density at radius 2 is 1.63 bits per heavy atom. The summed E-state index contributed by atoms with van der Waals surface area (Å²) < 4.78 is 5.91. The molecule has 3 heteroatoms. The van der Waals surface area contributed by atoms with Crippen LogP contribution in [-0.4, -0.2) is 11.2 Å². The standard InChI is InChI=1S/C16H17NO2/c17-16(10-12(18)11-16)14-8-4-5-9-15(14)19-13-6-2-1-3-7-13/h1-9,12,18H,10-11,17H2. The Labute approximate surface area is 112 Å². The third-order valence-electron chi connectivity index (χ3n) is 3.59. The highest BCUT2D eigenvalue weighted by Crippen LogP contribution is 2.43. The Bertz CT molecular complexity index is 562. The first-order chi connectivity index (χ1) is 9.17. The molecule has 0 atom stereocenters. The second-order valence-corrected chi connectivity index (χ2v) is 5.13. The van der Waals surface area contributed by atoms with Crippen molar-refractivity contribution in [2.75, 3.05) is 0 Å². The van der Waals surface area contributed by atoms with Crippen molar-refractivity contribution in [1.82, 2.24) is 0 Å². The third-order valence-corrected chi connectivity index (χ3v) is 3.59. The molecule has 0 unspecified atom stereocenters. The molecule has 0 saturated heterocycles. The molecule has 2 aromatic rings. The highest BCUT2D eigenvalue weighted by Gasteiger charge is 2.43. The van der Waals surface area contributed by atoms with Gasteiger partial charge < -0.3 is 15.6 Å². The third kappa shape index (κ3) is 2.35. The number of aliphatic hydroxyl groups is 1. The van der Waals surface area contributed by atoms with Crippen LogP contribution in [0.1, 0.15) is 18.4 Å². The van der Waals surface area contributed by atoms with Gasteiger partial charge in [-0.05, 0) is 31.0 Å². The minimum absolute atomic E-state index is 0.296. The lowest BCUT2D eigenvalue weighted by Crippen LogP contribution is -2.51. The molecule has 3 rings (SSSR count). The molecule has 1 fully saturated rings. The zero-order valence-electron chi connectivity index (χ0n) is 10.6. The highest BCUT2D eigenvalue weighted by molar-refractivity contribution is 5.43. The summed E-state index contributed by atoms with van der Waals surface area (Å²) in [7, 11) is 0. The van der Waals surface area contributed by atoms with E-state index in [-0.39, 0.29) is 6.10 Å². The Balaban J connectivity index is 1.90. The molecule has 0 amide bonds. The van der Waals surface area contributed by atoms with Gasteiger partial charge in [-0.3, -0.25) is 0 Å². The molecule has 1 aliphatic carbocycles. The molecule has 0 bridgehead atoms. The molecule has 3 N–H and O–H groups in total. The molecule has 19 heavy (non-hydrogen) atoms. The van der Waals surface area contributed by atoms with Gasteiger partial charge in [0.1, 0.15) is 11.5 Å². The lowest BCUT2D eigenvalue weighted by Gasteiger charge is -2.43. The summed E-state index contributed by atoms with van der Waals surface area (Å²) in [5.74, 6) is 1.56. The summed E-state index contributed by atoms with van der Waals surface area (Å²) in [6.45, 7) is 0. The number of rotatable bonds is 3. The summed E-state index contributed by atoms with van der Waals surface area (Å²) >= 11 is 0. The van der Waals surface area contributed by atoms with Crippen LogP contribution in [-0.2, 0) is 5.54 Å². The Hall–Kier alpha value is -1.84. The van der Waals surface area contributed by atoms with E-state index >= 15 is 0 Å². The fourth-order valence-electron chi connectivity index (χ4n) is 2.58. The summed E-state index contributed by atoms with van der Waals surface area (Å²) in [6.07, 6.45) is 0.874. The van der Waals surface area contributed by atoms with Gasteiger partial charge >= 0.3 is 0 Å². The summed E-state index contributed by atoms with van der Waals surface area (Å²) in [4.78, 5) is 0. The normalized spacial score (nSPS) is 25.7. The van der Waals surface area contributed by atoms with Crippen LogP contribution < -0.4 is 10.5 Å². The predicted octanol–water partition coefficient (Wildman–Crippen LogP) is 2.79. The molecule has 3 nitrogen and oxygen atoms in total. The van der Waals surface area contributed by atoms with Crippen LogP contribution in [0.5, 0.6) is 11.5 Å². The van der Waals surface area contributed by atoms with Crippen molar-refractivity contribution >= 4 is 0 Å². The molecule has 0 spiro atoms. The zero-order chi connectivity index (χ0) is 13.3. The van der Waals surface area contributed by atoms with Crippen LogP contribution >= 0.6 is 0 Å². The second-order valence-electron chi connectivity index (χ2n) is 5.13. The first-order valence-corrected chi connectivity index (χ1v) is 6.47. The minimum Gasteiger partial charge on any atom is -0.457 e. The van der Waals surface area contributed by atoms with Crippen LogP contribution in [0.2, 0.25) is 0 Å². The number of nitrogens with two attached hydrogens (primary N) is 1. The van der Waals surface area contributed by atoms with E-state index in [1.165, 1.54) is 0 Å². The summed E-state index contributed by atoms with van der Waals surface area (Å²) in [6, 6.07) is 17.4. The molecule has 98 valence electrons. The molecule has 1 aliphatic rings. The predicted molar refractivity (Wildman–Crippen MR) is 74.1 cm³/mol. The van der Waals surface area contributed by atoms with Gasteiger partial charge in [0.05, 0.1) is 6.10 Å². The van der Waals surface area contributed by atoms with E-state index in [0.29, 0.717) is 12.8 Å². The van der Waals surface area contributed by atoms with Gasteiger partial charge in [0.15, 0.2) is 0 Å². The molecule has 1 saturated carbocycles. The van der Waals surface area contributed by atoms with Crippen molar-refractivity contribution in [2.45, 2.75) is 24.5 Å². The van der Waals surface area contributed by atoms with Gasteiger partial charge in [0, 0.05) is 11.1 Å². The second kappa shape index (κ2) is 4.68. The zero-order valence-corrected chi connectivity index (χ0v) is 10.6. The van der Waals surface area contributed by atoms with Gasteiger partial charge in [-0.2, -0.15) is 0 Å². The maximum Gasteiger partial charge on any atom is 0.132 e. The van der Waals surface area contributed by atoms with E-state index in [4.69, 9.17) is 10.5 Å². The average molecular weight is 255 g/mol. The lowest BCUT2D eigenvalue weighted by molar-refractivity contribution is 0.0201. The van der Waals surface area contributed by atoms with E-state index in [9.17, 15) is 5.11 Å². The van der Waals surface area contributed by atoms with Crippen LogP contribution in [0.4, 0.5) is 0 Å². The maximum atomic E-state index is 9.50. The maximum absolute atomic E-state index is 9.50.